The van der Waals surface area contributed by atoms with Gasteiger partial charge in [0.2, 0.25) is 0 Å². The normalized spacial score (nSPS) is 36.5. The van der Waals surface area contributed by atoms with E-state index in [9.17, 15) is 9.65 Å². The van der Waals surface area contributed by atoms with Crippen LogP contribution in [0.3, 0.4) is 0 Å². The molecule has 0 amide bonds. The molecular weight excluding hydrogens is 217 g/mol. The Kier molecular flexibility index (Phi) is 3.70. The number of halogens is 1. The highest BCUT2D eigenvalue weighted by Gasteiger charge is 2.51. The molecule has 0 N–H and O–H groups in total. The second-order valence-electron chi connectivity index (χ2n) is 5.56. The molecule has 3 saturated heterocycles. The summed E-state index contributed by atoms with van der Waals surface area (Å²) in [6.45, 7) is 7.15. The fourth-order valence-corrected chi connectivity index (χ4v) is 3.56. The van der Waals surface area contributed by atoms with Gasteiger partial charge in [0.1, 0.15) is 12.2 Å². The molecule has 0 aliphatic carbocycles. The van der Waals surface area contributed by atoms with Gasteiger partial charge in [0.15, 0.2) is 0 Å². The van der Waals surface area contributed by atoms with Crippen LogP contribution in [0.25, 0.3) is 0 Å². The van der Waals surface area contributed by atoms with Crippen LogP contribution < -0.4 is 0 Å². The Morgan fingerprint density at radius 2 is 2.12 bits per heavy atom. The minimum Gasteiger partial charge on any atom is -0.300 e. The Morgan fingerprint density at radius 1 is 1.47 bits per heavy atom. The van der Waals surface area contributed by atoms with Gasteiger partial charge in [-0.3, -0.25) is 4.90 Å². The quantitative estimate of drug-likeness (QED) is 0.747. The first-order valence-corrected chi connectivity index (χ1v) is 6.60. The maximum Gasteiger partial charge on any atom is 0.125 e. The second-order valence-corrected chi connectivity index (χ2v) is 5.56. The largest absolute Gasteiger partial charge is 0.300 e. The molecule has 0 radical (unpaired) electrons. The maximum atomic E-state index is 12.7. The molecular formula is C13H22FN3. The summed E-state index contributed by atoms with van der Waals surface area (Å²) in [6.07, 6.45) is 2.17. The summed E-state index contributed by atoms with van der Waals surface area (Å²) in [7, 11) is 0. The molecule has 3 nitrogen and oxygen atoms in total. The van der Waals surface area contributed by atoms with Crippen LogP contribution in [0.2, 0.25) is 0 Å². The summed E-state index contributed by atoms with van der Waals surface area (Å²) in [5.41, 5.74) is -0.448. The first kappa shape index (κ1) is 12.8. The van der Waals surface area contributed by atoms with Crippen LogP contribution in [0, 0.1) is 17.2 Å². The van der Waals surface area contributed by atoms with Gasteiger partial charge >= 0.3 is 0 Å². The summed E-state index contributed by atoms with van der Waals surface area (Å²) in [6, 6.07) is 2.76. The third-order valence-electron chi connectivity index (χ3n) is 4.38. The lowest BCUT2D eigenvalue weighted by Gasteiger charge is -2.55. The van der Waals surface area contributed by atoms with E-state index in [4.69, 9.17) is 0 Å². The van der Waals surface area contributed by atoms with Gasteiger partial charge in [-0.15, -0.1) is 0 Å². The Bertz CT molecular complexity index is 304. The zero-order valence-electron chi connectivity index (χ0n) is 10.8. The second kappa shape index (κ2) is 4.91. The molecule has 96 valence electrons. The van der Waals surface area contributed by atoms with E-state index in [2.05, 4.69) is 29.7 Å². The zero-order chi connectivity index (χ0) is 12.5. The number of fused-ring (bicyclic) bond motifs is 3. The average molecular weight is 239 g/mol. The van der Waals surface area contributed by atoms with Gasteiger partial charge in [-0.2, -0.15) is 5.26 Å². The monoisotopic (exact) mass is 239 g/mol. The minimum atomic E-state index is -0.448. The maximum absolute atomic E-state index is 12.7. The van der Waals surface area contributed by atoms with Crippen LogP contribution >= 0.6 is 0 Å². The highest BCUT2D eigenvalue weighted by molar-refractivity contribution is 5.18. The van der Waals surface area contributed by atoms with Crippen molar-refractivity contribution in [1.82, 2.24) is 9.80 Å². The highest BCUT2D eigenvalue weighted by atomic mass is 19.1. The highest BCUT2D eigenvalue weighted by Crippen LogP contribution is 2.40. The van der Waals surface area contributed by atoms with E-state index in [1.807, 2.05) is 0 Å². The van der Waals surface area contributed by atoms with Crippen molar-refractivity contribution < 1.29 is 4.39 Å². The van der Waals surface area contributed by atoms with E-state index in [0.717, 1.165) is 32.5 Å². The molecule has 0 aromatic carbocycles. The molecule has 4 heteroatoms. The topological polar surface area (TPSA) is 30.3 Å². The molecule has 2 bridgehead atoms. The molecule has 0 aromatic rings. The Balaban J connectivity index is 2.26. The van der Waals surface area contributed by atoms with Crippen LogP contribution in [0.15, 0.2) is 0 Å². The summed E-state index contributed by atoms with van der Waals surface area (Å²) in [4.78, 5) is 4.44. The van der Waals surface area contributed by atoms with Crippen LogP contribution in [-0.4, -0.2) is 54.2 Å². The number of hydrogen-bond donors (Lipinski definition) is 0. The predicted molar refractivity (Wildman–Crippen MR) is 65.3 cm³/mol. The number of nitriles is 1. The molecule has 1 atom stereocenters. The molecule has 0 spiro atoms. The number of nitrogens with zero attached hydrogens (tertiary/aromatic N) is 3. The van der Waals surface area contributed by atoms with Gasteiger partial charge in [0, 0.05) is 19.1 Å². The van der Waals surface area contributed by atoms with E-state index in [0.29, 0.717) is 12.5 Å². The average Bonchev–Trinajstić information content (AvgIpc) is 2.36. The van der Waals surface area contributed by atoms with Crippen molar-refractivity contribution in [2.24, 2.45) is 5.92 Å². The molecule has 0 aromatic heterocycles. The van der Waals surface area contributed by atoms with Crippen molar-refractivity contribution in [2.45, 2.75) is 38.3 Å². The molecule has 0 saturated carbocycles. The van der Waals surface area contributed by atoms with Gasteiger partial charge < -0.3 is 4.90 Å². The molecule has 1 unspecified atom stereocenters. The third kappa shape index (κ3) is 2.07. The number of alkyl halides is 1. The lowest BCUT2D eigenvalue weighted by Crippen LogP contribution is -2.68. The summed E-state index contributed by atoms with van der Waals surface area (Å²) < 4.78 is 12.7. The van der Waals surface area contributed by atoms with Crippen LogP contribution in [-0.2, 0) is 0 Å². The van der Waals surface area contributed by atoms with E-state index in [-0.39, 0.29) is 12.7 Å². The van der Waals surface area contributed by atoms with Crippen molar-refractivity contribution in [3.05, 3.63) is 0 Å². The van der Waals surface area contributed by atoms with Crippen LogP contribution in [0.4, 0.5) is 4.39 Å². The van der Waals surface area contributed by atoms with Crippen molar-refractivity contribution in [1.29, 1.82) is 5.26 Å². The fourth-order valence-electron chi connectivity index (χ4n) is 3.56. The van der Waals surface area contributed by atoms with Gasteiger partial charge in [-0.05, 0) is 45.7 Å². The molecule has 3 fully saturated rings. The third-order valence-corrected chi connectivity index (χ3v) is 4.38. The smallest absolute Gasteiger partial charge is 0.125 e. The summed E-state index contributed by atoms with van der Waals surface area (Å²) in [5.74, 6) is 0.423. The summed E-state index contributed by atoms with van der Waals surface area (Å²) in [5, 5.41) is 9.67. The van der Waals surface area contributed by atoms with Gasteiger partial charge in [0.25, 0.3) is 0 Å². The van der Waals surface area contributed by atoms with E-state index >= 15 is 0 Å². The van der Waals surface area contributed by atoms with Gasteiger partial charge in [0.05, 0.1) is 6.07 Å². The Labute approximate surface area is 103 Å². The zero-order valence-corrected chi connectivity index (χ0v) is 10.8. The summed E-state index contributed by atoms with van der Waals surface area (Å²) >= 11 is 0. The van der Waals surface area contributed by atoms with Gasteiger partial charge in [-0.1, -0.05) is 0 Å². The molecule has 17 heavy (non-hydrogen) atoms. The molecule has 3 rings (SSSR count). The molecule has 3 aliphatic heterocycles. The first-order valence-electron chi connectivity index (χ1n) is 6.60. The van der Waals surface area contributed by atoms with Crippen molar-refractivity contribution in [3.8, 4) is 6.07 Å². The van der Waals surface area contributed by atoms with Crippen molar-refractivity contribution in [2.75, 3.05) is 32.9 Å². The number of piperidine rings is 3. The van der Waals surface area contributed by atoms with Crippen LogP contribution in [0.1, 0.15) is 26.7 Å². The molecule has 3 heterocycles. The number of hydrogen-bond acceptors (Lipinski definition) is 3. The number of rotatable bonds is 4. The van der Waals surface area contributed by atoms with Crippen molar-refractivity contribution in [3.63, 3.8) is 0 Å². The van der Waals surface area contributed by atoms with E-state index < -0.39 is 5.54 Å². The lowest BCUT2D eigenvalue weighted by molar-refractivity contribution is -0.0536. The Morgan fingerprint density at radius 3 is 2.47 bits per heavy atom. The predicted octanol–water partition coefficient (Wildman–Crippen LogP) is 1.65. The Hall–Kier alpha value is -0.660. The van der Waals surface area contributed by atoms with Crippen molar-refractivity contribution >= 4 is 0 Å². The van der Waals surface area contributed by atoms with E-state index in [1.165, 1.54) is 0 Å². The molecule has 3 aliphatic rings. The SMILES string of the molecule is CC(C)N(CCF)C1(C#N)CN2CCC1CC2. The fraction of sp³-hybridized carbons (Fsp3) is 0.923. The minimum absolute atomic E-state index is 0.228. The standard InChI is InChI=1S/C13H22FN3/c1-11(2)17(8-5-14)13(9-15)10-16-6-3-12(13)4-7-16/h11-12H,3-8,10H2,1-2H3. The lowest BCUT2D eigenvalue weighted by atomic mass is 9.72. The van der Waals surface area contributed by atoms with E-state index in [1.54, 1.807) is 0 Å². The first-order chi connectivity index (χ1) is 8.14. The van der Waals surface area contributed by atoms with Gasteiger partial charge in [-0.25, -0.2) is 4.39 Å². The van der Waals surface area contributed by atoms with Crippen LogP contribution in [0.5, 0.6) is 0 Å².